The molecule has 2 nitrogen and oxygen atoms in total. The van der Waals surface area contributed by atoms with Gasteiger partial charge in [-0.25, -0.2) is 0 Å². The maximum Gasteiger partial charge on any atom is 0.310 e. The van der Waals surface area contributed by atoms with Gasteiger partial charge in [0.15, 0.2) is 0 Å². The van der Waals surface area contributed by atoms with Gasteiger partial charge in [-0.05, 0) is 74.0 Å². The van der Waals surface area contributed by atoms with E-state index in [9.17, 15) is 4.79 Å². The van der Waals surface area contributed by atoms with Crippen LogP contribution in [0.3, 0.4) is 0 Å². The maximum absolute atomic E-state index is 13.1. The molecule has 0 aromatic rings. The molecule has 0 aromatic carbocycles. The van der Waals surface area contributed by atoms with Crippen molar-refractivity contribution in [1.29, 1.82) is 0 Å². The van der Waals surface area contributed by atoms with Crippen molar-refractivity contribution < 1.29 is 9.53 Å². The van der Waals surface area contributed by atoms with Crippen LogP contribution in [0.4, 0.5) is 0 Å². The number of rotatable bonds is 3. The molecule has 9 unspecified atom stereocenters. The fourth-order valence-corrected chi connectivity index (χ4v) is 7.34. The van der Waals surface area contributed by atoms with Crippen LogP contribution in [-0.4, -0.2) is 11.6 Å². The number of ether oxygens (including phenoxy) is 1. The minimum atomic E-state index is -0.113. The van der Waals surface area contributed by atoms with E-state index in [1.807, 2.05) is 0 Å². The maximum atomic E-state index is 13.1. The molecule has 9 atom stereocenters. The van der Waals surface area contributed by atoms with Gasteiger partial charge in [0.25, 0.3) is 0 Å². The molecule has 0 amide bonds. The van der Waals surface area contributed by atoms with Gasteiger partial charge in [-0.15, -0.1) is 0 Å². The predicted molar refractivity (Wildman–Crippen MR) is 91.8 cm³/mol. The summed E-state index contributed by atoms with van der Waals surface area (Å²) in [7, 11) is 0. The molecular formula is C21H34O2. The van der Waals surface area contributed by atoms with Gasteiger partial charge < -0.3 is 4.74 Å². The lowest BCUT2D eigenvalue weighted by Gasteiger charge is -2.42. The van der Waals surface area contributed by atoms with Gasteiger partial charge in [0.05, 0.1) is 5.92 Å². The number of carbonyl (C=O) groups excluding carboxylic acids is 1. The summed E-state index contributed by atoms with van der Waals surface area (Å²) in [6, 6.07) is 0. The molecular weight excluding hydrogens is 284 g/mol. The molecule has 4 aliphatic carbocycles. The quantitative estimate of drug-likeness (QED) is 0.680. The molecule has 130 valence electrons. The monoisotopic (exact) mass is 318 g/mol. The average molecular weight is 319 g/mol. The molecule has 4 fully saturated rings. The van der Waals surface area contributed by atoms with Crippen molar-refractivity contribution in [1.82, 2.24) is 0 Å². The Morgan fingerprint density at radius 2 is 1.83 bits per heavy atom. The van der Waals surface area contributed by atoms with Crippen molar-refractivity contribution in [2.75, 3.05) is 0 Å². The smallest absolute Gasteiger partial charge is 0.310 e. The SMILES string of the molecule is CCC1(OC(=O)C2C(C)CC(C)C2C)CC2CC1C1CCCC21. The van der Waals surface area contributed by atoms with Crippen molar-refractivity contribution >= 4 is 5.97 Å². The summed E-state index contributed by atoms with van der Waals surface area (Å²) in [6.45, 7) is 9.05. The van der Waals surface area contributed by atoms with Gasteiger partial charge in [-0.1, -0.05) is 34.1 Å². The van der Waals surface area contributed by atoms with Gasteiger partial charge in [0.2, 0.25) is 0 Å². The van der Waals surface area contributed by atoms with Crippen LogP contribution in [0.5, 0.6) is 0 Å². The normalized spacial score (nSPS) is 54.4. The summed E-state index contributed by atoms with van der Waals surface area (Å²) < 4.78 is 6.42. The standard InChI is InChI=1S/C21H34O2/c1-5-21(11-15-10-18(21)17-8-6-7-16(15)17)23-20(22)19-13(3)9-12(2)14(19)4/h12-19H,5-11H2,1-4H3. The molecule has 0 N–H and O–H groups in total. The predicted octanol–water partition coefficient (Wildman–Crippen LogP) is 5.06. The molecule has 4 rings (SSSR count). The molecule has 0 radical (unpaired) electrons. The second-order valence-electron chi connectivity index (χ2n) is 9.48. The van der Waals surface area contributed by atoms with E-state index in [0.29, 0.717) is 23.7 Å². The first-order valence-electron chi connectivity index (χ1n) is 10.2. The number of carbonyl (C=O) groups is 1. The highest BCUT2D eigenvalue weighted by Gasteiger charge is 2.62. The topological polar surface area (TPSA) is 26.3 Å². The van der Waals surface area contributed by atoms with E-state index in [2.05, 4.69) is 27.7 Å². The molecule has 0 aromatic heterocycles. The Morgan fingerprint density at radius 1 is 1.09 bits per heavy atom. The fourth-order valence-electron chi connectivity index (χ4n) is 7.34. The number of hydrogen-bond acceptors (Lipinski definition) is 2. The summed E-state index contributed by atoms with van der Waals surface area (Å²) in [5, 5.41) is 0. The largest absolute Gasteiger partial charge is 0.459 e. The fraction of sp³-hybridized carbons (Fsp3) is 0.952. The molecule has 0 spiro atoms. The van der Waals surface area contributed by atoms with E-state index in [4.69, 9.17) is 4.74 Å². The van der Waals surface area contributed by atoms with Crippen LogP contribution in [-0.2, 0) is 9.53 Å². The third kappa shape index (κ3) is 2.23. The summed E-state index contributed by atoms with van der Waals surface area (Å²) in [4.78, 5) is 13.1. The van der Waals surface area contributed by atoms with Gasteiger partial charge in [0.1, 0.15) is 5.60 Å². The third-order valence-corrected chi connectivity index (χ3v) is 8.58. The molecule has 23 heavy (non-hydrogen) atoms. The Labute approximate surface area is 141 Å². The van der Waals surface area contributed by atoms with Crippen molar-refractivity contribution in [3.63, 3.8) is 0 Å². The lowest BCUT2D eigenvalue weighted by molar-refractivity contribution is -0.178. The molecule has 4 saturated carbocycles. The van der Waals surface area contributed by atoms with Gasteiger partial charge in [-0.3, -0.25) is 4.79 Å². The number of esters is 1. The van der Waals surface area contributed by atoms with Crippen LogP contribution in [0.15, 0.2) is 0 Å². The Bertz CT molecular complexity index is 486. The number of hydrogen-bond donors (Lipinski definition) is 0. The molecule has 4 aliphatic rings. The van der Waals surface area contributed by atoms with E-state index in [-0.39, 0.29) is 17.5 Å². The van der Waals surface area contributed by atoms with E-state index < -0.39 is 0 Å². The average Bonchev–Trinajstić information content (AvgIpc) is 3.21. The van der Waals surface area contributed by atoms with E-state index in [0.717, 1.165) is 30.6 Å². The second-order valence-corrected chi connectivity index (χ2v) is 9.48. The molecule has 0 heterocycles. The zero-order valence-electron chi connectivity index (χ0n) is 15.4. The highest BCUT2D eigenvalue weighted by atomic mass is 16.6. The van der Waals surface area contributed by atoms with Crippen LogP contribution in [0.25, 0.3) is 0 Å². The zero-order valence-corrected chi connectivity index (χ0v) is 15.4. The van der Waals surface area contributed by atoms with E-state index in [1.165, 1.54) is 32.1 Å². The van der Waals surface area contributed by atoms with Gasteiger partial charge >= 0.3 is 5.97 Å². The van der Waals surface area contributed by atoms with Crippen molar-refractivity contribution in [3.8, 4) is 0 Å². The first-order chi connectivity index (χ1) is 11.0. The van der Waals surface area contributed by atoms with Gasteiger partial charge in [-0.2, -0.15) is 0 Å². The Hall–Kier alpha value is -0.530. The highest BCUT2D eigenvalue weighted by Crippen LogP contribution is 2.64. The van der Waals surface area contributed by atoms with E-state index >= 15 is 0 Å². The van der Waals surface area contributed by atoms with Crippen molar-refractivity contribution in [3.05, 3.63) is 0 Å². The number of fused-ring (bicyclic) bond motifs is 5. The Morgan fingerprint density at radius 3 is 2.48 bits per heavy atom. The summed E-state index contributed by atoms with van der Waals surface area (Å²) in [5.74, 6) is 5.21. The second kappa shape index (κ2) is 5.49. The van der Waals surface area contributed by atoms with Crippen LogP contribution in [0.1, 0.15) is 72.6 Å². The molecule has 0 saturated heterocycles. The zero-order chi connectivity index (χ0) is 16.4. The minimum absolute atomic E-state index is 0.113. The first-order valence-corrected chi connectivity index (χ1v) is 10.2. The van der Waals surface area contributed by atoms with E-state index in [1.54, 1.807) is 0 Å². The summed E-state index contributed by atoms with van der Waals surface area (Å²) >= 11 is 0. The van der Waals surface area contributed by atoms with Crippen LogP contribution in [0.2, 0.25) is 0 Å². The Kier molecular flexibility index (Phi) is 3.81. The van der Waals surface area contributed by atoms with Crippen LogP contribution in [0, 0.1) is 47.3 Å². The lowest BCUT2D eigenvalue weighted by atomic mass is 9.71. The summed E-state index contributed by atoms with van der Waals surface area (Å²) in [5.41, 5.74) is -0.113. The van der Waals surface area contributed by atoms with Crippen LogP contribution >= 0.6 is 0 Å². The lowest BCUT2D eigenvalue weighted by Crippen LogP contribution is -2.46. The van der Waals surface area contributed by atoms with Crippen LogP contribution < -0.4 is 0 Å². The first kappa shape index (κ1) is 16.0. The minimum Gasteiger partial charge on any atom is -0.459 e. The summed E-state index contributed by atoms with van der Waals surface area (Å²) in [6.07, 6.45) is 8.93. The molecule has 2 bridgehead atoms. The third-order valence-electron chi connectivity index (χ3n) is 8.58. The highest BCUT2D eigenvalue weighted by molar-refractivity contribution is 5.74. The van der Waals surface area contributed by atoms with Gasteiger partial charge in [0, 0.05) is 5.92 Å². The van der Waals surface area contributed by atoms with Crippen molar-refractivity contribution in [2.45, 2.75) is 78.2 Å². The molecule has 0 aliphatic heterocycles. The molecule has 2 heteroatoms. The van der Waals surface area contributed by atoms with Crippen molar-refractivity contribution in [2.24, 2.45) is 47.3 Å². The Balaban J connectivity index is 1.52.